The van der Waals surface area contributed by atoms with Gasteiger partial charge in [-0.05, 0) is 31.0 Å². The van der Waals surface area contributed by atoms with Crippen molar-refractivity contribution in [2.75, 3.05) is 6.54 Å². The molecule has 2 N–H and O–H groups in total. The fourth-order valence-electron chi connectivity index (χ4n) is 2.24. The van der Waals surface area contributed by atoms with Crippen LogP contribution >= 0.6 is 15.9 Å². The van der Waals surface area contributed by atoms with Crippen LogP contribution in [0.15, 0.2) is 33.6 Å². The minimum atomic E-state index is -3.68. The number of amides is 1. The molecule has 1 heterocycles. The molecule has 0 saturated carbocycles. The number of nitrogens with zero attached hydrogens (tertiary/aromatic N) is 1. The number of piperidine rings is 1. The number of carbonyl (C=O) groups excluding carboxylic acids is 1. The van der Waals surface area contributed by atoms with Gasteiger partial charge >= 0.3 is 0 Å². The maximum atomic E-state index is 12.6. The number of halogens is 1. The summed E-state index contributed by atoms with van der Waals surface area (Å²) in [5.74, 6) is -0.585. The number of primary amides is 1. The Labute approximate surface area is 121 Å². The molecule has 0 bridgehead atoms. The molecule has 2 rings (SSSR count). The van der Waals surface area contributed by atoms with Gasteiger partial charge in [-0.25, -0.2) is 8.42 Å². The highest BCUT2D eigenvalue weighted by molar-refractivity contribution is 9.10. The number of rotatable bonds is 3. The van der Waals surface area contributed by atoms with Gasteiger partial charge in [-0.15, -0.1) is 0 Å². The van der Waals surface area contributed by atoms with Crippen molar-refractivity contribution < 1.29 is 13.2 Å². The van der Waals surface area contributed by atoms with Crippen molar-refractivity contribution in [3.63, 3.8) is 0 Å². The first-order chi connectivity index (χ1) is 8.93. The number of hydrogen-bond donors (Lipinski definition) is 1. The molecule has 1 saturated heterocycles. The standard InChI is InChI=1S/C12H15BrN2O3S/c13-9-4-3-5-10(8-9)19(17,18)15-7-2-1-6-11(15)12(14)16/h3-5,8,11H,1-2,6-7H2,(H2,14,16)/t11-/m1/s1. The Hall–Kier alpha value is -0.920. The van der Waals surface area contributed by atoms with Gasteiger partial charge in [-0.3, -0.25) is 4.79 Å². The van der Waals surface area contributed by atoms with Gasteiger partial charge in [0, 0.05) is 11.0 Å². The molecule has 1 amide bonds. The van der Waals surface area contributed by atoms with E-state index in [0.29, 0.717) is 17.4 Å². The van der Waals surface area contributed by atoms with Crippen LogP contribution in [-0.2, 0) is 14.8 Å². The molecule has 0 radical (unpaired) electrons. The number of nitrogens with two attached hydrogens (primary N) is 1. The molecular formula is C12H15BrN2O3S. The van der Waals surface area contributed by atoms with Crippen LogP contribution in [-0.4, -0.2) is 31.2 Å². The molecule has 7 heteroatoms. The van der Waals surface area contributed by atoms with Gasteiger partial charge in [0.2, 0.25) is 15.9 Å². The molecule has 1 aliphatic rings. The van der Waals surface area contributed by atoms with Gasteiger partial charge in [0.1, 0.15) is 6.04 Å². The molecule has 0 aliphatic carbocycles. The molecule has 0 unspecified atom stereocenters. The fourth-order valence-corrected chi connectivity index (χ4v) is 4.50. The first-order valence-corrected chi connectivity index (χ1v) is 8.23. The van der Waals surface area contributed by atoms with Crippen LogP contribution in [0.4, 0.5) is 0 Å². The van der Waals surface area contributed by atoms with Gasteiger partial charge in [-0.2, -0.15) is 4.31 Å². The maximum absolute atomic E-state index is 12.6. The molecule has 1 fully saturated rings. The second-order valence-corrected chi connectivity index (χ2v) is 7.29. The largest absolute Gasteiger partial charge is 0.368 e. The first kappa shape index (κ1) is 14.5. The van der Waals surface area contributed by atoms with Gasteiger partial charge in [0.25, 0.3) is 0 Å². The zero-order chi connectivity index (χ0) is 14.0. The van der Waals surface area contributed by atoms with Crippen molar-refractivity contribution in [3.8, 4) is 0 Å². The first-order valence-electron chi connectivity index (χ1n) is 5.99. The highest BCUT2D eigenvalue weighted by Gasteiger charge is 2.36. The van der Waals surface area contributed by atoms with Crippen molar-refractivity contribution >= 4 is 31.9 Å². The average molecular weight is 347 g/mol. The molecule has 0 aromatic heterocycles. The van der Waals surface area contributed by atoms with E-state index in [1.807, 2.05) is 0 Å². The molecule has 19 heavy (non-hydrogen) atoms. The van der Waals surface area contributed by atoms with E-state index in [2.05, 4.69) is 15.9 Å². The molecule has 104 valence electrons. The lowest BCUT2D eigenvalue weighted by molar-refractivity contribution is -0.122. The summed E-state index contributed by atoms with van der Waals surface area (Å²) in [6.45, 7) is 0.336. The Balaban J connectivity index is 2.40. The zero-order valence-electron chi connectivity index (χ0n) is 10.3. The van der Waals surface area contributed by atoms with Crippen LogP contribution < -0.4 is 5.73 Å². The summed E-state index contributed by atoms with van der Waals surface area (Å²) >= 11 is 3.25. The second kappa shape index (κ2) is 5.60. The predicted octanol–water partition coefficient (Wildman–Crippen LogP) is 1.48. The normalized spacial score (nSPS) is 21.2. The highest BCUT2D eigenvalue weighted by Crippen LogP contribution is 2.26. The number of sulfonamides is 1. The third-order valence-corrected chi connectivity index (χ3v) is 5.58. The lowest BCUT2D eigenvalue weighted by Crippen LogP contribution is -2.50. The van der Waals surface area contributed by atoms with Crippen molar-refractivity contribution in [3.05, 3.63) is 28.7 Å². The monoisotopic (exact) mass is 346 g/mol. The van der Waals surface area contributed by atoms with Crippen molar-refractivity contribution in [1.82, 2.24) is 4.31 Å². The molecule has 1 aromatic rings. The van der Waals surface area contributed by atoms with Crippen LogP contribution in [0.25, 0.3) is 0 Å². The second-order valence-electron chi connectivity index (χ2n) is 4.49. The predicted molar refractivity (Wildman–Crippen MR) is 74.9 cm³/mol. The third-order valence-electron chi connectivity index (χ3n) is 3.18. The average Bonchev–Trinajstić information content (AvgIpc) is 2.38. The lowest BCUT2D eigenvalue weighted by atomic mass is 10.0. The van der Waals surface area contributed by atoms with Crippen molar-refractivity contribution in [1.29, 1.82) is 0 Å². The van der Waals surface area contributed by atoms with E-state index in [1.54, 1.807) is 12.1 Å². The third kappa shape index (κ3) is 2.98. The summed E-state index contributed by atoms with van der Waals surface area (Å²) in [5, 5.41) is 0. The Morgan fingerprint density at radius 2 is 2.11 bits per heavy atom. The van der Waals surface area contributed by atoms with E-state index < -0.39 is 22.0 Å². The summed E-state index contributed by atoms with van der Waals surface area (Å²) < 4.78 is 27.0. The van der Waals surface area contributed by atoms with E-state index >= 15 is 0 Å². The summed E-state index contributed by atoms with van der Waals surface area (Å²) in [6, 6.07) is 5.72. The Kier molecular flexibility index (Phi) is 4.27. The van der Waals surface area contributed by atoms with E-state index in [1.165, 1.54) is 16.4 Å². The van der Waals surface area contributed by atoms with Crippen LogP contribution in [0.2, 0.25) is 0 Å². The topological polar surface area (TPSA) is 80.5 Å². The fraction of sp³-hybridized carbons (Fsp3) is 0.417. The molecule has 1 atom stereocenters. The van der Waals surface area contributed by atoms with E-state index in [-0.39, 0.29) is 4.90 Å². The number of carbonyl (C=O) groups is 1. The quantitative estimate of drug-likeness (QED) is 0.899. The van der Waals surface area contributed by atoms with Crippen LogP contribution in [0.5, 0.6) is 0 Å². The maximum Gasteiger partial charge on any atom is 0.243 e. The summed E-state index contributed by atoms with van der Waals surface area (Å²) in [4.78, 5) is 11.6. The Morgan fingerprint density at radius 3 is 2.74 bits per heavy atom. The van der Waals surface area contributed by atoms with Crippen LogP contribution in [0.3, 0.4) is 0 Å². The number of benzene rings is 1. The Bertz CT molecular complexity index is 588. The SMILES string of the molecule is NC(=O)[C@H]1CCCCN1S(=O)(=O)c1cccc(Br)c1. The summed E-state index contributed by atoms with van der Waals surface area (Å²) in [7, 11) is -3.68. The van der Waals surface area contributed by atoms with Gasteiger partial charge in [0.05, 0.1) is 4.90 Å². The zero-order valence-corrected chi connectivity index (χ0v) is 12.7. The van der Waals surface area contributed by atoms with Crippen molar-refractivity contribution in [2.24, 2.45) is 5.73 Å². The number of hydrogen-bond acceptors (Lipinski definition) is 3. The van der Waals surface area contributed by atoms with Crippen LogP contribution in [0, 0.1) is 0 Å². The molecule has 0 spiro atoms. The lowest BCUT2D eigenvalue weighted by Gasteiger charge is -2.32. The molecule has 1 aliphatic heterocycles. The highest BCUT2D eigenvalue weighted by atomic mass is 79.9. The summed E-state index contributed by atoms with van der Waals surface area (Å²) in [6.07, 6.45) is 2.05. The minimum Gasteiger partial charge on any atom is -0.368 e. The van der Waals surface area contributed by atoms with E-state index in [9.17, 15) is 13.2 Å². The molecule has 1 aromatic carbocycles. The van der Waals surface area contributed by atoms with Gasteiger partial charge in [-0.1, -0.05) is 28.4 Å². The van der Waals surface area contributed by atoms with Gasteiger partial charge in [0.15, 0.2) is 0 Å². The minimum absolute atomic E-state index is 0.176. The van der Waals surface area contributed by atoms with Crippen LogP contribution in [0.1, 0.15) is 19.3 Å². The summed E-state index contributed by atoms with van der Waals surface area (Å²) in [5.41, 5.74) is 5.31. The Morgan fingerprint density at radius 1 is 1.37 bits per heavy atom. The molecular weight excluding hydrogens is 332 g/mol. The van der Waals surface area contributed by atoms with E-state index in [4.69, 9.17) is 5.73 Å². The van der Waals surface area contributed by atoms with Crippen molar-refractivity contribution in [2.45, 2.75) is 30.2 Å². The van der Waals surface area contributed by atoms with Gasteiger partial charge < -0.3 is 5.73 Å². The molecule has 5 nitrogen and oxygen atoms in total. The van der Waals surface area contributed by atoms with E-state index in [0.717, 1.165) is 12.8 Å². The smallest absolute Gasteiger partial charge is 0.243 e.